The summed E-state index contributed by atoms with van der Waals surface area (Å²) in [5.74, 6) is 1.84. The highest BCUT2D eigenvalue weighted by molar-refractivity contribution is 7.99. The van der Waals surface area contributed by atoms with Gasteiger partial charge in [0, 0.05) is 24.9 Å². The molecule has 1 N–H and O–H groups in total. The summed E-state index contributed by atoms with van der Waals surface area (Å²) in [6.45, 7) is 2.22. The molecule has 1 aliphatic heterocycles. The molecule has 4 rings (SSSR count). The quantitative estimate of drug-likeness (QED) is 0.835. The first-order valence-electron chi connectivity index (χ1n) is 9.30. The van der Waals surface area contributed by atoms with E-state index in [1.165, 1.54) is 38.5 Å². The summed E-state index contributed by atoms with van der Waals surface area (Å²) in [6, 6.07) is 0.588. The number of aromatic nitrogens is 3. The van der Waals surface area contributed by atoms with E-state index in [0.29, 0.717) is 6.04 Å². The molecular weight excluding hydrogens is 308 g/mol. The van der Waals surface area contributed by atoms with Crippen LogP contribution >= 0.6 is 11.8 Å². The van der Waals surface area contributed by atoms with Crippen molar-refractivity contribution in [1.29, 1.82) is 0 Å². The second-order valence-corrected chi connectivity index (χ2v) is 8.45. The first kappa shape index (κ1) is 15.8. The SMILES string of the molecule is OC1(CSc2nnc(N3CCCCC3)n2C2CC2)CCCCC1. The Labute approximate surface area is 142 Å². The lowest BCUT2D eigenvalue weighted by molar-refractivity contribution is 0.0272. The maximum absolute atomic E-state index is 10.7. The molecule has 0 aromatic carbocycles. The van der Waals surface area contributed by atoms with Gasteiger partial charge in [0.15, 0.2) is 5.16 Å². The number of thioether (sulfide) groups is 1. The van der Waals surface area contributed by atoms with Gasteiger partial charge in [0.2, 0.25) is 5.95 Å². The van der Waals surface area contributed by atoms with E-state index in [1.54, 1.807) is 11.8 Å². The van der Waals surface area contributed by atoms with Gasteiger partial charge in [-0.05, 0) is 44.9 Å². The third kappa shape index (κ3) is 3.53. The van der Waals surface area contributed by atoms with Crippen LogP contribution in [0.5, 0.6) is 0 Å². The largest absolute Gasteiger partial charge is 0.389 e. The lowest BCUT2D eigenvalue weighted by atomic mass is 9.86. The number of anilines is 1. The van der Waals surface area contributed by atoms with Crippen LogP contribution in [0.2, 0.25) is 0 Å². The lowest BCUT2D eigenvalue weighted by Gasteiger charge is -2.31. The Kier molecular flexibility index (Phi) is 4.54. The van der Waals surface area contributed by atoms with Crippen LogP contribution in [-0.4, -0.2) is 44.3 Å². The van der Waals surface area contributed by atoms with Crippen LogP contribution in [0.4, 0.5) is 5.95 Å². The van der Waals surface area contributed by atoms with Gasteiger partial charge >= 0.3 is 0 Å². The zero-order valence-corrected chi connectivity index (χ0v) is 14.7. The molecule has 3 fully saturated rings. The van der Waals surface area contributed by atoms with Gasteiger partial charge in [0.25, 0.3) is 0 Å². The highest BCUT2D eigenvalue weighted by Gasteiger charge is 2.34. The van der Waals surface area contributed by atoms with Gasteiger partial charge in [-0.1, -0.05) is 31.0 Å². The summed E-state index contributed by atoms with van der Waals surface area (Å²) in [5, 5.41) is 20.8. The van der Waals surface area contributed by atoms with E-state index in [1.807, 2.05) is 0 Å². The van der Waals surface area contributed by atoms with Crippen molar-refractivity contribution in [2.75, 3.05) is 23.7 Å². The Morgan fingerprint density at radius 3 is 2.39 bits per heavy atom. The van der Waals surface area contributed by atoms with Crippen LogP contribution in [-0.2, 0) is 0 Å². The van der Waals surface area contributed by atoms with E-state index in [4.69, 9.17) is 0 Å². The molecule has 1 saturated heterocycles. The molecule has 6 heteroatoms. The van der Waals surface area contributed by atoms with Gasteiger partial charge in [-0.3, -0.25) is 4.57 Å². The second kappa shape index (κ2) is 6.63. The monoisotopic (exact) mass is 336 g/mol. The van der Waals surface area contributed by atoms with E-state index < -0.39 is 5.60 Å². The zero-order valence-electron chi connectivity index (χ0n) is 13.9. The van der Waals surface area contributed by atoms with Crippen LogP contribution in [0.25, 0.3) is 0 Å². The van der Waals surface area contributed by atoms with Crippen LogP contribution in [0.15, 0.2) is 5.16 Å². The fourth-order valence-corrected chi connectivity index (χ4v) is 5.04. The fourth-order valence-electron chi connectivity index (χ4n) is 3.88. The molecule has 0 unspecified atom stereocenters. The molecular formula is C17H28N4OS. The highest BCUT2D eigenvalue weighted by atomic mass is 32.2. The van der Waals surface area contributed by atoms with Gasteiger partial charge in [-0.25, -0.2) is 0 Å². The van der Waals surface area contributed by atoms with Crippen molar-refractivity contribution >= 4 is 17.7 Å². The summed E-state index contributed by atoms with van der Waals surface area (Å²) >= 11 is 1.72. The van der Waals surface area contributed by atoms with Gasteiger partial charge in [0.1, 0.15) is 0 Å². The molecule has 23 heavy (non-hydrogen) atoms. The van der Waals surface area contributed by atoms with Crippen LogP contribution in [0.1, 0.15) is 70.3 Å². The Bertz CT molecular complexity index is 531. The molecule has 0 radical (unpaired) electrons. The third-order valence-electron chi connectivity index (χ3n) is 5.45. The van der Waals surface area contributed by atoms with E-state index in [0.717, 1.165) is 55.6 Å². The first-order valence-corrected chi connectivity index (χ1v) is 10.3. The molecule has 2 saturated carbocycles. The van der Waals surface area contributed by atoms with Crippen molar-refractivity contribution in [1.82, 2.24) is 14.8 Å². The maximum Gasteiger partial charge on any atom is 0.228 e. The first-order chi connectivity index (χ1) is 11.3. The van der Waals surface area contributed by atoms with E-state index >= 15 is 0 Å². The standard InChI is InChI=1S/C17H28N4OS/c22-17(9-3-1-4-10-17)13-23-16-19-18-15(21(16)14-7-8-14)20-11-5-2-6-12-20/h14,22H,1-13H2. The van der Waals surface area contributed by atoms with E-state index in [-0.39, 0.29) is 0 Å². The average Bonchev–Trinajstić information content (AvgIpc) is 3.34. The predicted octanol–water partition coefficient (Wildman–Crippen LogP) is 3.39. The highest BCUT2D eigenvalue weighted by Crippen LogP contribution is 2.42. The van der Waals surface area contributed by atoms with Crippen molar-refractivity contribution in [2.24, 2.45) is 0 Å². The number of aliphatic hydroxyl groups is 1. The van der Waals surface area contributed by atoms with Crippen LogP contribution in [0, 0.1) is 0 Å². The summed E-state index contributed by atoms with van der Waals surface area (Å²) in [6.07, 6.45) is 11.8. The van der Waals surface area contributed by atoms with Gasteiger partial charge in [-0.2, -0.15) is 0 Å². The van der Waals surface area contributed by atoms with Crippen molar-refractivity contribution in [3.8, 4) is 0 Å². The molecule has 1 aromatic heterocycles. The number of nitrogens with zero attached hydrogens (tertiary/aromatic N) is 4. The molecule has 3 aliphatic rings. The molecule has 0 spiro atoms. The number of hydrogen-bond donors (Lipinski definition) is 1. The summed E-state index contributed by atoms with van der Waals surface area (Å²) in [4.78, 5) is 2.41. The van der Waals surface area contributed by atoms with Crippen molar-refractivity contribution in [3.63, 3.8) is 0 Å². The lowest BCUT2D eigenvalue weighted by Crippen LogP contribution is -2.34. The van der Waals surface area contributed by atoms with Crippen LogP contribution in [0.3, 0.4) is 0 Å². The van der Waals surface area contributed by atoms with Crippen molar-refractivity contribution < 1.29 is 5.11 Å². The van der Waals surface area contributed by atoms with Gasteiger partial charge in [0.05, 0.1) is 5.60 Å². The molecule has 2 aliphatic carbocycles. The summed E-state index contributed by atoms with van der Waals surface area (Å²) in [5.41, 5.74) is -0.492. The van der Waals surface area contributed by atoms with E-state index in [9.17, 15) is 5.11 Å². The Balaban J connectivity index is 1.48. The number of piperidine rings is 1. The van der Waals surface area contributed by atoms with Gasteiger partial charge in [-0.15, -0.1) is 10.2 Å². The Morgan fingerprint density at radius 1 is 1.00 bits per heavy atom. The zero-order chi connectivity index (χ0) is 15.7. The van der Waals surface area contributed by atoms with E-state index in [2.05, 4.69) is 19.7 Å². The Hall–Kier alpha value is -0.750. The average molecular weight is 337 g/mol. The molecule has 128 valence electrons. The van der Waals surface area contributed by atoms with Crippen LogP contribution < -0.4 is 4.90 Å². The second-order valence-electron chi connectivity index (χ2n) is 7.51. The molecule has 0 atom stereocenters. The molecule has 1 aromatic rings. The Morgan fingerprint density at radius 2 is 1.70 bits per heavy atom. The third-order valence-corrected chi connectivity index (χ3v) is 6.67. The minimum atomic E-state index is -0.492. The summed E-state index contributed by atoms with van der Waals surface area (Å²) in [7, 11) is 0. The summed E-state index contributed by atoms with van der Waals surface area (Å²) < 4.78 is 2.36. The number of rotatable bonds is 5. The molecule has 0 amide bonds. The normalized spacial score (nSPS) is 24.8. The number of hydrogen-bond acceptors (Lipinski definition) is 5. The maximum atomic E-state index is 10.7. The smallest absolute Gasteiger partial charge is 0.228 e. The molecule has 5 nitrogen and oxygen atoms in total. The minimum absolute atomic E-state index is 0.492. The minimum Gasteiger partial charge on any atom is -0.389 e. The molecule has 2 heterocycles. The topological polar surface area (TPSA) is 54.2 Å². The predicted molar refractivity (Wildman–Crippen MR) is 93.1 cm³/mol. The van der Waals surface area contributed by atoms with Crippen molar-refractivity contribution in [2.45, 2.75) is 81.0 Å². The fraction of sp³-hybridized carbons (Fsp3) is 0.882. The molecule has 0 bridgehead atoms. The van der Waals surface area contributed by atoms with Crippen molar-refractivity contribution in [3.05, 3.63) is 0 Å². The van der Waals surface area contributed by atoms with Gasteiger partial charge < -0.3 is 10.0 Å².